The van der Waals surface area contributed by atoms with E-state index in [1.807, 2.05) is 0 Å². The maximum atomic E-state index is 10.6. The number of thioether (sulfide) groups is 1. The molecule has 1 aromatic rings. The van der Waals surface area contributed by atoms with Crippen molar-refractivity contribution in [2.24, 2.45) is 0 Å². The zero-order valence-corrected chi connectivity index (χ0v) is 9.76. The Balaban J connectivity index is 2.25. The summed E-state index contributed by atoms with van der Waals surface area (Å²) in [4.78, 5) is 15.9. The van der Waals surface area contributed by atoms with Crippen molar-refractivity contribution in [1.29, 1.82) is 0 Å². The van der Waals surface area contributed by atoms with E-state index >= 15 is 0 Å². The molecule has 0 saturated heterocycles. The van der Waals surface area contributed by atoms with Gasteiger partial charge in [0.1, 0.15) is 0 Å². The number of nitrogens with zero attached hydrogens (tertiary/aromatic N) is 1. The topological polar surface area (TPSA) is 90.2 Å². The van der Waals surface area contributed by atoms with Crippen LogP contribution in [0.2, 0.25) is 0 Å². The number of benzene rings is 1. The molecule has 0 bridgehead atoms. The van der Waals surface area contributed by atoms with E-state index in [0.717, 1.165) is 10.6 Å². The predicted molar refractivity (Wildman–Crippen MR) is 60.1 cm³/mol. The Bertz CT molecular complexity index is 354. The van der Waals surface area contributed by atoms with Gasteiger partial charge in [0.25, 0.3) is 0 Å². The highest BCUT2D eigenvalue weighted by Crippen LogP contribution is 2.19. The van der Waals surface area contributed by atoms with Gasteiger partial charge in [0.2, 0.25) is 0 Å². The fourth-order valence-corrected chi connectivity index (χ4v) is 1.92. The van der Waals surface area contributed by atoms with Crippen molar-refractivity contribution in [2.45, 2.75) is 11.3 Å². The van der Waals surface area contributed by atoms with Crippen molar-refractivity contribution >= 4 is 17.7 Å². The Labute approximate surface area is 102 Å². The summed E-state index contributed by atoms with van der Waals surface area (Å²) >= 11 is 1.54. The molecule has 6 nitrogen and oxygen atoms in total. The van der Waals surface area contributed by atoms with Crippen LogP contribution in [0.5, 0.6) is 0 Å². The lowest BCUT2D eigenvalue weighted by Gasteiger charge is -2.05. The van der Waals surface area contributed by atoms with Crippen LogP contribution in [0.3, 0.4) is 0 Å². The summed E-state index contributed by atoms with van der Waals surface area (Å²) in [5.74, 6) is -0.207. The van der Waals surface area contributed by atoms with E-state index in [4.69, 9.17) is 15.5 Å². The molecule has 0 aliphatic heterocycles. The molecule has 0 aliphatic rings. The molecular weight excluding hydrogens is 246 g/mol. The SMILES string of the molecule is O=C(O)c1ccc(SCCCON(O)O)cc1. The molecule has 1 aromatic carbocycles. The lowest BCUT2D eigenvalue weighted by molar-refractivity contribution is -0.492. The summed E-state index contributed by atoms with van der Waals surface area (Å²) in [5, 5.41) is 24.9. The van der Waals surface area contributed by atoms with Gasteiger partial charge in [-0.05, 0) is 30.7 Å². The minimum atomic E-state index is -0.944. The molecular formula is C10H13NO5S. The van der Waals surface area contributed by atoms with E-state index < -0.39 is 5.97 Å². The van der Waals surface area contributed by atoms with Crippen LogP contribution in [0, 0.1) is 0 Å². The normalized spacial score (nSPS) is 10.8. The molecule has 0 atom stereocenters. The summed E-state index contributed by atoms with van der Waals surface area (Å²) in [6, 6.07) is 6.56. The third-order valence-electron chi connectivity index (χ3n) is 1.87. The smallest absolute Gasteiger partial charge is 0.335 e. The number of carboxylic acids is 1. The number of hydrogen-bond acceptors (Lipinski definition) is 6. The maximum absolute atomic E-state index is 10.6. The van der Waals surface area contributed by atoms with Crippen LogP contribution in [0.25, 0.3) is 0 Å². The Morgan fingerprint density at radius 1 is 1.29 bits per heavy atom. The fourth-order valence-electron chi connectivity index (χ4n) is 1.09. The number of carboxylic acid groups (broad SMARTS) is 1. The lowest BCUT2D eigenvalue weighted by atomic mass is 10.2. The molecule has 0 amide bonds. The quantitative estimate of drug-likeness (QED) is 0.391. The molecule has 1 rings (SSSR count). The van der Waals surface area contributed by atoms with Crippen molar-refractivity contribution < 1.29 is 25.2 Å². The highest BCUT2D eigenvalue weighted by molar-refractivity contribution is 7.99. The fraction of sp³-hybridized carbons (Fsp3) is 0.300. The van der Waals surface area contributed by atoms with Gasteiger partial charge in [-0.1, -0.05) is 0 Å². The number of carbonyl (C=O) groups is 1. The van der Waals surface area contributed by atoms with E-state index in [0.29, 0.717) is 6.42 Å². The minimum absolute atomic E-state index is 0.202. The average molecular weight is 259 g/mol. The molecule has 3 N–H and O–H groups in total. The van der Waals surface area contributed by atoms with Gasteiger partial charge >= 0.3 is 5.97 Å². The van der Waals surface area contributed by atoms with Gasteiger partial charge in [-0.25, -0.2) is 4.79 Å². The van der Waals surface area contributed by atoms with Crippen LogP contribution < -0.4 is 0 Å². The molecule has 0 radical (unpaired) electrons. The molecule has 0 aliphatic carbocycles. The van der Waals surface area contributed by atoms with Crippen molar-refractivity contribution in [3.63, 3.8) is 0 Å². The first-order valence-electron chi connectivity index (χ1n) is 4.86. The molecule has 0 aromatic heterocycles. The van der Waals surface area contributed by atoms with Crippen molar-refractivity contribution in [3.05, 3.63) is 29.8 Å². The third-order valence-corrected chi connectivity index (χ3v) is 2.96. The monoisotopic (exact) mass is 259 g/mol. The van der Waals surface area contributed by atoms with Crippen LogP contribution >= 0.6 is 11.8 Å². The lowest BCUT2D eigenvalue weighted by Crippen LogP contribution is -2.15. The highest BCUT2D eigenvalue weighted by Gasteiger charge is 2.02. The first kappa shape index (κ1) is 13.9. The van der Waals surface area contributed by atoms with Gasteiger partial charge in [0.15, 0.2) is 0 Å². The second kappa shape index (κ2) is 7.25. The van der Waals surface area contributed by atoms with E-state index in [1.165, 1.54) is 11.8 Å². The van der Waals surface area contributed by atoms with Gasteiger partial charge in [0, 0.05) is 10.6 Å². The van der Waals surface area contributed by atoms with Crippen molar-refractivity contribution in [2.75, 3.05) is 12.4 Å². The zero-order valence-electron chi connectivity index (χ0n) is 8.94. The number of aromatic carboxylic acids is 1. The summed E-state index contributed by atoms with van der Waals surface area (Å²) in [6.07, 6.45) is 0.642. The average Bonchev–Trinajstić information content (AvgIpc) is 2.29. The minimum Gasteiger partial charge on any atom is -0.478 e. The number of hydrogen-bond donors (Lipinski definition) is 3. The van der Waals surface area contributed by atoms with Crippen molar-refractivity contribution in [3.8, 4) is 0 Å². The predicted octanol–water partition coefficient (Wildman–Crippen LogP) is 1.88. The largest absolute Gasteiger partial charge is 0.478 e. The Hall–Kier alpha value is -1.12. The maximum Gasteiger partial charge on any atom is 0.335 e. The molecule has 0 saturated carbocycles. The van der Waals surface area contributed by atoms with E-state index in [2.05, 4.69) is 4.84 Å². The van der Waals surface area contributed by atoms with Gasteiger partial charge in [-0.15, -0.1) is 11.8 Å². The van der Waals surface area contributed by atoms with Crippen LogP contribution in [-0.4, -0.2) is 39.2 Å². The molecule has 0 unspecified atom stereocenters. The molecule has 0 spiro atoms. The van der Waals surface area contributed by atoms with E-state index in [1.54, 1.807) is 24.3 Å². The Morgan fingerprint density at radius 2 is 1.94 bits per heavy atom. The standard InChI is InChI=1S/C10H13NO5S/c12-10(13)8-2-4-9(5-3-8)17-7-1-6-16-11(14)15/h2-5,14-15H,1,6-7H2,(H,12,13). The van der Waals surface area contributed by atoms with Gasteiger partial charge in [0.05, 0.1) is 17.6 Å². The Morgan fingerprint density at radius 3 is 2.47 bits per heavy atom. The van der Waals surface area contributed by atoms with E-state index in [9.17, 15) is 4.79 Å². The van der Waals surface area contributed by atoms with Crippen LogP contribution in [-0.2, 0) is 4.84 Å². The highest BCUT2D eigenvalue weighted by atomic mass is 32.2. The zero-order chi connectivity index (χ0) is 12.7. The van der Waals surface area contributed by atoms with Gasteiger partial charge in [-0.2, -0.15) is 0 Å². The van der Waals surface area contributed by atoms with Crippen molar-refractivity contribution in [1.82, 2.24) is 5.39 Å². The summed E-state index contributed by atoms with van der Waals surface area (Å²) in [5.41, 5.74) is 0.258. The molecule has 7 heteroatoms. The summed E-state index contributed by atoms with van der Waals surface area (Å²) in [6.45, 7) is 0.202. The first-order valence-corrected chi connectivity index (χ1v) is 5.85. The van der Waals surface area contributed by atoms with Gasteiger partial charge in [-0.3, -0.25) is 15.3 Å². The number of rotatable bonds is 7. The summed E-state index contributed by atoms with van der Waals surface area (Å²) < 4.78 is 0. The first-order chi connectivity index (χ1) is 8.09. The molecule has 0 fully saturated rings. The van der Waals surface area contributed by atoms with Crippen LogP contribution in [0.1, 0.15) is 16.8 Å². The second-order valence-electron chi connectivity index (χ2n) is 3.12. The van der Waals surface area contributed by atoms with E-state index in [-0.39, 0.29) is 17.6 Å². The molecule has 17 heavy (non-hydrogen) atoms. The summed E-state index contributed by atoms with van der Waals surface area (Å²) in [7, 11) is 0. The van der Waals surface area contributed by atoms with Crippen LogP contribution in [0.4, 0.5) is 0 Å². The Kier molecular flexibility index (Phi) is 5.95. The molecule has 0 heterocycles. The molecule has 94 valence electrons. The third kappa shape index (κ3) is 5.66. The van der Waals surface area contributed by atoms with Crippen LogP contribution in [0.15, 0.2) is 29.2 Å². The second-order valence-corrected chi connectivity index (χ2v) is 4.29. The van der Waals surface area contributed by atoms with Gasteiger partial charge < -0.3 is 5.11 Å².